The van der Waals surface area contributed by atoms with Crippen molar-refractivity contribution in [3.8, 4) is 11.5 Å². The summed E-state index contributed by atoms with van der Waals surface area (Å²) in [7, 11) is 1.67. The number of guanidine groups is 1. The van der Waals surface area contributed by atoms with Gasteiger partial charge in [0.1, 0.15) is 0 Å². The summed E-state index contributed by atoms with van der Waals surface area (Å²) in [6.45, 7) is 6.28. The van der Waals surface area contributed by atoms with Gasteiger partial charge < -0.3 is 24.8 Å². The molecule has 3 atom stereocenters. The Labute approximate surface area is 168 Å². The van der Waals surface area contributed by atoms with E-state index < -0.39 is 0 Å². The van der Waals surface area contributed by atoms with Crippen LogP contribution in [0.2, 0.25) is 0 Å². The molecule has 0 aromatic heterocycles. The van der Waals surface area contributed by atoms with Crippen molar-refractivity contribution in [2.24, 2.45) is 16.3 Å². The Morgan fingerprint density at radius 2 is 2.07 bits per heavy atom. The highest BCUT2D eigenvalue weighted by atomic mass is 16.5. The molecule has 6 heteroatoms. The first-order chi connectivity index (χ1) is 13.7. The molecule has 1 aromatic carbocycles. The second-order valence-electron chi connectivity index (χ2n) is 8.05. The van der Waals surface area contributed by atoms with Crippen molar-refractivity contribution in [3.63, 3.8) is 0 Å². The fraction of sp³-hybridized carbons (Fsp3) is 0.682. The molecule has 2 saturated carbocycles. The molecule has 1 aromatic rings. The van der Waals surface area contributed by atoms with Gasteiger partial charge in [-0.05, 0) is 45.2 Å². The Hall–Kier alpha value is -1.95. The van der Waals surface area contributed by atoms with E-state index in [4.69, 9.17) is 19.2 Å². The second-order valence-corrected chi connectivity index (χ2v) is 8.05. The number of nitrogens with one attached hydrogen (secondary N) is 2. The molecule has 1 saturated heterocycles. The molecular weight excluding hydrogens is 354 g/mol. The minimum atomic E-state index is 0.299. The third kappa shape index (κ3) is 3.32. The largest absolute Gasteiger partial charge is 0.493 e. The molecule has 0 amide bonds. The van der Waals surface area contributed by atoms with Gasteiger partial charge in [-0.1, -0.05) is 12.8 Å². The Kier molecular flexibility index (Phi) is 5.67. The summed E-state index contributed by atoms with van der Waals surface area (Å²) in [6.07, 6.45) is 6.76. The third-order valence-corrected chi connectivity index (χ3v) is 6.62. The molecule has 6 nitrogen and oxygen atoms in total. The van der Waals surface area contributed by atoms with Crippen LogP contribution in [0.3, 0.4) is 0 Å². The molecule has 0 radical (unpaired) electrons. The first kappa shape index (κ1) is 19.4. The predicted molar refractivity (Wildman–Crippen MR) is 111 cm³/mol. The minimum Gasteiger partial charge on any atom is -0.493 e. The number of benzene rings is 1. The van der Waals surface area contributed by atoms with Crippen LogP contribution in [0.5, 0.6) is 11.5 Å². The predicted octanol–water partition coefficient (Wildman–Crippen LogP) is 3.82. The van der Waals surface area contributed by atoms with Gasteiger partial charge in [0.25, 0.3) is 0 Å². The fourth-order valence-corrected chi connectivity index (χ4v) is 5.49. The first-order valence-corrected chi connectivity index (χ1v) is 10.7. The number of nitrogens with zero attached hydrogens (tertiary/aromatic N) is 1. The van der Waals surface area contributed by atoms with Gasteiger partial charge in [-0.25, -0.2) is 0 Å². The van der Waals surface area contributed by atoms with E-state index in [1.165, 1.54) is 25.7 Å². The number of hydrogen-bond acceptors (Lipinski definition) is 4. The van der Waals surface area contributed by atoms with Crippen molar-refractivity contribution in [1.82, 2.24) is 5.32 Å². The molecule has 1 heterocycles. The molecule has 2 N–H and O–H groups in total. The molecule has 1 spiro atoms. The summed E-state index contributed by atoms with van der Waals surface area (Å²) in [4.78, 5) is 4.71. The van der Waals surface area contributed by atoms with E-state index in [0.29, 0.717) is 30.1 Å². The first-order valence-electron chi connectivity index (χ1n) is 10.7. The molecule has 1 aliphatic heterocycles. The van der Waals surface area contributed by atoms with Crippen LogP contribution in [0.1, 0.15) is 46.0 Å². The van der Waals surface area contributed by atoms with Crippen molar-refractivity contribution in [1.29, 1.82) is 0 Å². The smallest absolute Gasteiger partial charge is 0.196 e. The highest BCUT2D eigenvalue weighted by molar-refractivity contribution is 5.94. The summed E-state index contributed by atoms with van der Waals surface area (Å²) < 4.78 is 17.2. The zero-order valence-electron chi connectivity index (χ0n) is 17.3. The maximum absolute atomic E-state index is 6.12. The average molecular weight is 388 g/mol. The minimum absolute atomic E-state index is 0.299. The summed E-state index contributed by atoms with van der Waals surface area (Å²) in [5.74, 6) is 2.93. The van der Waals surface area contributed by atoms with Gasteiger partial charge in [0.15, 0.2) is 17.5 Å². The van der Waals surface area contributed by atoms with Gasteiger partial charge in [0, 0.05) is 42.3 Å². The zero-order chi connectivity index (χ0) is 19.6. The van der Waals surface area contributed by atoms with Crippen LogP contribution in [-0.4, -0.2) is 45.0 Å². The molecule has 3 fully saturated rings. The Morgan fingerprint density at radius 1 is 1.25 bits per heavy atom. The van der Waals surface area contributed by atoms with Gasteiger partial charge >= 0.3 is 0 Å². The lowest BCUT2D eigenvalue weighted by molar-refractivity contribution is -0.124. The van der Waals surface area contributed by atoms with Crippen molar-refractivity contribution < 1.29 is 14.2 Å². The van der Waals surface area contributed by atoms with Crippen molar-refractivity contribution in [2.45, 2.75) is 58.1 Å². The molecule has 0 bridgehead atoms. The van der Waals surface area contributed by atoms with E-state index in [1.807, 2.05) is 25.1 Å². The normalized spacial score (nSPS) is 28.0. The highest BCUT2D eigenvalue weighted by Crippen LogP contribution is 2.60. The summed E-state index contributed by atoms with van der Waals surface area (Å²) in [5, 5.41) is 7.24. The number of rotatable bonds is 6. The van der Waals surface area contributed by atoms with Gasteiger partial charge in [-0.3, -0.25) is 4.99 Å². The molecule has 28 heavy (non-hydrogen) atoms. The van der Waals surface area contributed by atoms with E-state index in [9.17, 15) is 0 Å². The van der Waals surface area contributed by atoms with Gasteiger partial charge in [-0.2, -0.15) is 0 Å². The van der Waals surface area contributed by atoms with Crippen LogP contribution in [0.15, 0.2) is 23.2 Å². The molecule has 2 aliphatic carbocycles. The quantitative estimate of drug-likeness (QED) is 0.574. The van der Waals surface area contributed by atoms with Crippen LogP contribution in [0.25, 0.3) is 0 Å². The van der Waals surface area contributed by atoms with Crippen molar-refractivity contribution >= 4 is 11.6 Å². The van der Waals surface area contributed by atoms with Crippen LogP contribution < -0.4 is 20.1 Å². The number of methoxy groups -OCH3 is 1. The highest BCUT2D eigenvalue weighted by Gasteiger charge is 2.65. The van der Waals surface area contributed by atoms with E-state index in [0.717, 1.165) is 42.7 Å². The van der Waals surface area contributed by atoms with Crippen LogP contribution in [-0.2, 0) is 4.74 Å². The van der Waals surface area contributed by atoms with E-state index in [-0.39, 0.29) is 0 Å². The Morgan fingerprint density at radius 3 is 2.79 bits per heavy atom. The molecular formula is C22H33N3O3. The lowest BCUT2D eigenvalue weighted by Crippen LogP contribution is -2.68. The van der Waals surface area contributed by atoms with Gasteiger partial charge in [0.2, 0.25) is 0 Å². The number of anilines is 1. The number of fused-ring (bicyclic) bond motifs is 2. The lowest BCUT2D eigenvalue weighted by atomic mass is 9.54. The second kappa shape index (κ2) is 8.19. The number of aliphatic imine (C=N–C) groups is 1. The fourth-order valence-electron chi connectivity index (χ4n) is 5.49. The summed E-state index contributed by atoms with van der Waals surface area (Å²) >= 11 is 0. The Balaban J connectivity index is 1.50. The van der Waals surface area contributed by atoms with E-state index in [1.54, 1.807) is 7.11 Å². The van der Waals surface area contributed by atoms with Gasteiger partial charge in [0.05, 0.1) is 19.8 Å². The number of ether oxygens (including phenoxy) is 3. The SMILES string of the molecule is CCN=C(Nc1ccc(OCC)c(OC)c1)NC1C2CCOC2C12CCCC2. The average Bonchev–Trinajstić information content (AvgIpc) is 3.36. The van der Waals surface area contributed by atoms with Crippen molar-refractivity contribution in [3.05, 3.63) is 18.2 Å². The van der Waals surface area contributed by atoms with Crippen LogP contribution in [0, 0.1) is 11.3 Å². The third-order valence-electron chi connectivity index (χ3n) is 6.62. The van der Waals surface area contributed by atoms with Crippen molar-refractivity contribution in [2.75, 3.05) is 32.2 Å². The summed E-state index contributed by atoms with van der Waals surface area (Å²) in [6, 6.07) is 6.36. The molecule has 154 valence electrons. The molecule has 3 aliphatic rings. The van der Waals surface area contributed by atoms with E-state index in [2.05, 4.69) is 17.6 Å². The molecule has 4 rings (SSSR count). The topological polar surface area (TPSA) is 64.1 Å². The Bertz CT molecular complexity index is 715. The molecule has 3 unspecified atom stereocenters. The van der Waals surface area contributed by atoms with Crippen LogP contribution >= 0.6 is 0 Å². The summed E-state index contributed by atoms with van der Waals surface area (Å²) in [5.41, 5.74) is 1.24. The van der Waals surface area contributed by atoms with Crippen LogP contribution in [0.4, 0.5) is 5.69 Å². The lowest BCUT2D eigenvalue weighted by Gasteiger charge is -2.57. The monoisotopic (exact) mass is 387 g/mol. The van der Waals surface area contributed by atoms with Gasteiger partial charge in [-0.15, -0.1) is 0 Å². The zero-order valence-corrected chi connectivity index (χ0v) is 17.3. The maximum atomic E-state index is 6.12. The number of hydrogen-bond donors (Lipinski definition) is 2. The standard InChI is InChI=1S/C22H33N3O3/c1-4-23-21(24-15-8-9-17(27-5-2)18(14-15)26-3)25-19-16-10-13-28-20(16)22(19)11-6-7-12-22/h8-9,14,16,19-20H,4-7,10-13H2,1-3H3,(H2,23,24,25). The van der Waals surface area contributed by atoms with E-state index >= 15 is 0 Å². The maximum Gasteiger partial charge on any atom is 0.196 e.